The lowest BCUT2D eigenvalue weighted by Crippen LogP contribution is -2.60. The zero-order valence-electron chi connectivity index (χ0n) is 20.5. The Morgan fingerprint density at radius 3 is 2.50 bits per heavy atom. The minimum absolute atomic E-state index is 0.0848. The Balaban J connectivity index is 1.93. The lowest BCUT2D eigenvalue weighted by molar-refractivity contribution is -0.698. The molecule has 0 spiro atoms. The summed E-state index contributed by atoms with van der Waals surface area (Å²) in [6.07, 6.45) is -0.272. The molecular formula is C25H31NO12. The van der Waals surface area contributed by atoms with Crippen LogP contribution >= 0.6 is 0 Å². The standard InChI is InChI=1S/C25H31NO12/c1-3-15-16(5-4-13-8-14(22(32)33)10-26(9-13)6-7-27)17(23(34)35-2)12-36-24(15)38-25-21(31)20(30)19(29)18(11-28)37-25/h3-5,8-10,12,15-16,18-21,24-25,27-31H,1,6-7,11H2,2H3/b5-4+/t15-,16+,18-,19-,20+,21-,24+,25+/m1/s1. The van der Waals surface area contributed by atoms with Crippen LogP contribution in [0.15, 0.2) is 49.0 Å². The number of aliphatic hydroxyl groups is 5. The highest BCUT2D eigenvalue weighted by Crippen LogP contribution is 2.36. The second kappa shape index (κ2) is 13.1. The van der Waals surface area contributed by atoms with E-state index in [1.807, 2.05) is 0 Å². The van der Waals surface area contributed by atoms with Crippen molar-refractivity contribution in [3.63, 3.8) is 0 Å². The van der Waals surface area contributed by atoms with Gasteiger partial charge in [-0.1, -0.05) is 18.2 Å². The number of hydrogen-bond donors (Lipinski definition) is 5. The Bertz CT molecular complexity index is 1070. The van der Waals surface area contributed by atoms with Gasteiger partial charge in [-0.2, -0.15) is 0 Å². The number of aliphatic hydroxyl groups excluding tert-OH is 5. The van der Waals surface area contributed by atoms with Crippen LogP contribution in [0.3, 0.4) is 0 Å². The Morgan fingerprint density at radius 2 is 1.89 bits per heavy atom. The van der Waals surface area contributed by atoms with Crippen LogP contribution in [0.5, 0.6) is 0 Å². The van der Waals surface area contributed by atoms with Crippen LogP contribution in [0.2, 0.25) is 0 Å². The van der Waals surface area contributed by atoms with Crippen LogP contribution in [0, 0.1) is 11.8 Å². The van der Waals surface area contributed by atoms with E-state index in [0.717, 1.165) is 6.26 Å². The highest BCUT2D eigenvalue weighted by Gasteiger charge is 2.47. The van der Waals surface area contributed by atoms with E-state index in [1.54, 1.807) is 18.3 Å². The minimum atomic E-state index is -1.68. The molecule has 1 aromatic rings. The van der Waals surface area contributed by atoms with Gasteiger partial charge in [0.15, 0.2) is 25.2 Å². The van der Waals surface area contributed by atoms with Crippen molar-refractivity contribution in [1.29, 1.82) is 0 Å². The molecule has 0 radical (unpaired) electrons. The Hall–Kier alpha value is -3.17. The lowest BCUT2D eigenvalue weighted by atomic mass is 9.83. The molecular weight excluding hydrogens is 506 g/mol. The summed E-state index contributed by atoms with van der Waals surface area (Å²) in [6, 6.07) is 1.35. The molecule has 0 bridgehead atoms. The van der Waals surface area contributed by atoms with Gasteiger partial charge in [-0.15, -0.1) is 6.58 Å². The highest BCUT2D eigenvalue weighted by molar-refractivity contribution is 5.89. The van der Waals surface area contributed by atoms with Crippen molar-refractivity contribution in [2.24, 2.45) is 11.8 Å². The molecule has 0 aliphatic carbocycles. The Kier molecular flexibility index (Phi) is 10.1. The van der Waals surface area contributed by atoms with Crippen molar-refractivity contribution >= 4 is 18.0 Å². The van der Waals surface area contributed by atoms with Gasteiger partial charge in [-0.3, -0.25) is 0 Å². The van der Waals surface area contributed by atoms with Gasteiger partial charge in [0.05, 0.1) is 43.0 Å². The van der Waals surface area contributed by atoms with Crippen molar-refractivity contribution < 1.29 is 63.7 Å². The number of methoxy groups -OCH3 is 1. The molecule has 38 heavy (non-hydrogen) atoms. The average molecular weight is 538 g/mol. The summed E-state index contributed by atoms with van der Waals surface area (Å²) in [5.41, 5.74) is 0.382. The topological polar surface area (TPSA) is 199 Å². The van der Waals surface area contributed by atoms with Crippen molar-refractivity contribution in [1.82, 2.24) is 0 Å². The molecule has 1 fully saturated rings. The number of allylic oxidation sites excluding steroid dienone is 1. The average Bonchev–Trinajstić information content (AvgIpc) is 2.91. The van der Waals surface area contributed by atoms with Crippen LogP contribution in [-0.2, 0) is 30.3 Å². The lowest BCUT2D eigenvalue weighted by Gasteiger charge is -2.42. The number of carbonyl (C=O) groups excluding carboxylic acids is 2. The van der Waals surface area contributed by atoms with Gasteiger partial charge in [0, 0.05) is 11.5 Å². The minimum Gasteiger partial charge on any atom is -0.545 e. The molecule has 2 aliphatic rings. The third-order valence-electron chi connectivity index (χ3n) is 6.26. The molecule has 8 atom stereocenters. The predicted octanol–water partition coefficient (Wildman–Crippen LogP) is -3.01. The number of hydrogen-bond acceptors (Lipinski definition) is 12. The van der Waals surface area contributed by atoms with E-state index < -0.39 is 67.4 Å². The second-order valence-electron chi connectivity index (χ2n) is 8.71. The zero-order chi connectivity index (χ0) is 28.0. The van der Waals surface area contributed by atoms with Crippen LogP contribution < -0.4 is 9.67 Å². The smallest absolute Gasteiger partial charge is 0.337 e. The number of carboxylic acids is 1. The van der Waals surface area contributed by atoms with Gasteiger partial charge in [0.2, 0.25) is 6.29 Å². The quantitative estimate of drug-likeness (QED) is 0.115. The zero-order valence-corrected chi connectivity index (χ0v) is 20.5. The number of nitrogens with zero attached hydrogens (tertiary/aromatic N) is 1. The van der Waals surface area contributed by atoms with Gasteiger partial charge >= 0.3 is 5.97 Å². The first-order chi connectivity index (χ1) is 18.1. The van der Waals surface area contributed by atoms with Crippen LogP contribution in [0.4, 0.5) is 0 Å². The summed E-state index contributed by atoms with van der Waals surface area (Å²) in [4.78, 5) is 23.9. The van der Waals surface area contributed by atoms with Crippen molar-refractivity contribution in [3.05, 3.63) is 60.2 Å². The Morgan fingerprint density at radius 1 is 1.16 bits per heavy atom. The van der Waals surface area contributed by atoms with Gasteiger partial charge in [0.1, 0.15) is 31.0 Å². The van der Waals surface area contributed by atoms with E-state index in [0.29, 0.717) is 5.56 Å². The summed E-state index contributed by atoms with van der Waals surface area (Å²) in [5, 5.41) is 60.5. The first-order valence-corrected chi connectivity index (χ1v) is 11.7. The molecule has 0 saturated carbocycles. The molecule has 5 N–H and O–H groups in total. The normalized spacial score (nSPS) is 31.4. The maximum absolute atomic E-state index is 12.5. The number of carbonyl (C=O) groups is 2. The summed E-state index contributed by atoms with van der Waals surface area (Å²) >= 11 is 0. The van der Waals surface area contributed by atoms with E-state index in [1.165, 1.54) is 30.0 Å². The molecule has 0 aromatic carbocycles. The number of carboxylic acid groups (broad SMARTS) is 1. The van der Waals surface area contributed by atoms with Gasteiger partial charge in [0.25, 0.3) is 0 Å². The van der Waals surface area contributed by atoms with Crippen LogP contribution in [0.25, 0.3) is 6.08 Å². The van der Waals surface area contributed by atoms with Gasteiger partial charge in [-0.25, -0.2) is 9.36 Å². The molecule has 2 aliphatic heterocycles. The van der Waals surface area contributed by atoms with Crippen molar-refractivity contribution in [2.45, 2.75) is 43.5 Å². The number of aromatic carboxylic acids is 1. The number of ether oxygens (including phenoxy) is 4. The second-order valence-corrected chi connectivity index (χ2v) is 8.71. The summed E-state index contributed by atoms with van der Waals surface area (Å²) in [7, 11) is 1.19. The molecule has 0 amide bonds. The molecule has 13 nitrogen and oxygen atoms in total. The molecule has 1 saturated heterocycles. The first kappa shape index (κ1) is 29.4. The number of esters is 1. The molecule has 208 valence electrons. The van der Waals surface area contributed by atoms with E-state index in [9.17, 15) is 40.2 Å². The monoisotopic (exact) mass is 537 g/mol. The van der Waals surface area contributed by atoms with Gasteiger partial charge in [-0.05, 0) is 6.07 Å². The third kappa shape index (κ3) is 6.45. The fourth-order valence-electron chi connectivity index (χ4n) is 4.24. The molecule has 0 unspecified atom stereocenters. The van der Waals surface area contributed by atoms with E-state index in [2.05, 4.69) is 6.58 Å². The summed E-state index contributed by atoms with van der Waals surface area (Å²) < 4.78 is 23.1. The van der Waals surface area contributed by atoms with E-state index in [-0.39, 0.29) is 24.3 Å². The summed E-state index contributed by atoms with van der Waals surface area (Å²) in [5.74, 6) is -3.69. The fraction of sp³-hybridized carbons (Fsp3) is 0.480. The molecule has 3 rings (SSSR count). The number of aromatic nitrogens is 1. The maximum Gasteiger partial charge on any atom is 0.337 e. The molecule has 13 heteroatoms. The number of rotatable bonds is 10. The third-order valence-corrected chi connectivity index (χ3v) is 6.26. The van der Waals surface area contributed by atoms with E-state index >= 15 is 0 Å². The van der Waals surface area contributed by atoms with Crippen molar-refractivity contribution in [2.75, 3.05) is 20.3 Å². The molecule has 3 heterocycles. The summed E-state index contributed by atoms with van der Waals surface area (Å²) in [6.45, 7) is 3.04. The predicted molar refractivity (Wildman–Crippen MR) is 124 cm³/mol. The van der Waals surface area contributed by atoms with Gasteiger partial charge < -0.3 is 54.4 Å². The van der Waals surface area contributed by atoms with E-state index in [4.69, 9.17) is 18.9 Å². The Labute approximate surface area is 218 Å². The van der Waals surface area contributed by atoms with Crippen molar-refractivity contribution in [3.8, 4) is 0 Å². The molecule has 1 aromatic heterocycles. The number of pyridine rings is 1. The highest BCUT2D eigenvalue weighted by atomic mass is 16.8. The van der Waals surface area contributed by atoms with Crippen LogP contribution in [-0.4, -0.2) is 94.8 Å². The SMILES string of the molecule is C=C[C@H]1[C@H](O[C@@H]2O[C@H](CO)[C@@H](O)[C@H](O)[C@H]2O)OC=C(C(=O)OC)[C@H]1/C=C/c1cc(C(=O)[O-])c[n+](CCO)c1. The first-order valence-electron chi connectivity index (χ1n) is 11.7. The largest absolute Gasteiger partial charge is 0.545 e. The van der Waals surface area contributed by atoms with Crippen LogP contribution in [0.1, 0.15) is 15.9 Å². The maximum atomic E-state index is 12.5. The fourth-order valence-corrected chi connectivity index (χ4v) is 4.24.